The van der Waals surface area contributed by atoms with Crippen molar-refractivity contribution < 1.29 is 14.3 Å². The zero-order valence-electron chi connectivity index (χ0n) is 18.7. The smallest absolute Gasteiger partial charge is 0.237 e. The van der Waals surface area contributed by atoms with Crippen LogP contribution in [0.5, 0.6) is 11.5 Å². The fourth-order valence-corrected chi connectivity index (χ4v) is 4.37. The lowest BCUT2D eigenvalue weighted by Gasteiger charge is -2.39. The van der Waals surface area contributed by atoms with Crippen LogP contribution >= 0.6 is 0 Å². The van der Waals surface area contributed by atoms with Crippen molar-refractivity contribution in [2.75, 3.05) is 37.7 Å². The normalized spacial score (nSPS) is 20.0. The van der Waals surface area contributed by atoms with E-state index in [0.29, 0.717) is 6.61 Å². The van der Waals surface area contributed by atoms with E-state index in [9.17, 15) is 4.79 Å². The molecule has 31 heavy (non-hydrogen) atoms. The Morgan fingerprint density at radius 3 is 2.52 bits per heavy atom. The van der Waals surface area contributed by atoms with Crippen LogP contribution in [0.3, 0.4) is 0 Å². The number of carbonyl (C=O) groups is 1. The van der Waals surface area contributed by atoms with Gasteiger partial charge in [-0.1, -0.05) is 30.3 Å². The lowest BCUT2D eigenvalue weighted by molar-refractivity contribution is -0.127. The van der Waals surface area contributed by atoms with Gasteiger partial charge in [0.25, 0.3) is 0 Å². The molecule has 2 aromatic rings. The van der Waals surface area contributed by atoms with Gasteiger partial charge >= 0.3 is 0 Å². The molecule has 0 radical (unpaired) electrons. The highest BCUT2D eigenvalue weighted by atomic mass is 16.5. The number of hydrogen-bond acceptors (Lipinski definition) is 5. The molecule has 1 fully saturated rings. The van der Waals surface area contributed by atoms with Gasteiger partial charge in [-0.05, 0) is 39.0 Å². The minimum atomic E-state index is -0.167. The number of piperazine rings is 1. The molecule has 1 amide bonds. The second kappa shape index (κ2) is 9.60. The number of nitrogens with one attached hydrogen (secondary N) is 1. The average molecular weight is 424 g/mol. The summed E-state index contributed by atoms with van der Waals surface area (Å²) in [5.74, 6) is 1.89. The zero-order chi connectivity index (χ0) is 21.8. The van der Waals surface area contributed by atoms with E-state index in [0.717, 1.165) is 55.3 Å². The van der Waals surface area contributed by atoms with E-state index >= 15 is 0 Å². The second-order valence-corrected chi connectivity index (χ2v) is 8.57. The first-order valence-electron chi connectivity index (χ1n) is 11.3. The van der Waals surface area contributed by atoms with Gasteiger partial charge in [-0.25, -0.2) is 0 Å². The molecule has 0 aromatic heterocycles. The molecule has 1 saturated heterocycles. The van der Waals surface area contributed by atoms with Crippen LogP contribution in [0.2, 0.25) is 0 Å². The molecule has 0 spiro atoms. The van der Waals surface area contributed by atoms with Crippen LogP contribution in [0.4, 0.5) is 5.69 Å². The Bertz CT molecular complexity index is 893. The molecule has 166 valence electrons. The van der Waals surface area contributed by atoms with Crippen LogP contribution < -0.4 is 19.7 Å². The number of benzene rings is 2. The summed E-state index contributed by atoms with van der Waals surface area (Å²) in [5, 5.41) is 3.25. The molecule has 6 nitrogen and oxygen atoms in total. The van der Waals surface area contributed by atoms with Crippen LogP contribution in [0, 0.1) is 0 Å². The average Bonchev–Trinajstić information content (AvgIpc) is 2.79. The molecule has 2 aliphatic rings. The van der Waals surface area contributed by atoms with E-state index in [-0.39, 0.29) is 24.1 Å². The molecule has 2 atom stereocenters. The second-order valence-electron chi connectivity index (χ2n) is 8.57. The van der Waals surface area contributed by atoms with Gasteiger partial charge in [0.2, 0.25) is 5.91 Å². The van der Waals surface area contributed by atoms with E-state index < -0.39 is 0 Å². The summed E-state index contributed by atoms with van der Waals surface area (Å²) in [4.78, 5) is 17.6. The van der Waals surface area contributed by atoms with Crippen molar-refractivity contribution in [3.63, 3.8) is 0 Å². The van der Waals surface area contributed by atoms with Crippen LogP contribution in [0.25, 0.3) is 0 Å². The number of nitrogens with zero attached hydrogens (tertiary/aromatic N) is 2. The van der Waals surface area contributed by atoms with Gasteiger partial charge in [-0.2, -0.15) is 0 Å². The number of hydrogen-bond donors (Lipinski definition) is 1. The first-order chi connectivity index (χ1) is 15.0. The summed E-state index contributed by atoms with van der Waals surface area (Å²) >= 11 is 0. The Kier molecular flexibility index (Phi) is 6.66. The lowest BCUT2D eigenvalue weighted by Crippen LogP contribution is -2.54. The third kappa shape index (κ3) is 4.96. The third-order valence-electron chi connectivity index (χ3n) is 6.09. The van der Waals surface area contributed by atoms with Crippen molar-refractivity contribution in [1.29, 1.82) is 0 Å². The van der Waals surface area contributed by atoms with Gasteiger partial charge in [-0.15, -0.1) is 0 Å². The van der Waals surface area contributed by atoms with Gasteiger partial charge in [0.1, 0.15) is 11.5 Å². The standard InChI is InChI=1S/C25H33N3O3/c1-18(2)31-24-11-7-5-9-22(24)28-15-13-27(14-16-28)19(3)25(29)26-21-12-17-30-23-10-6-4-8-20(21)23/h4-11,18-19,21H,12-17H2,1-3H3,(H,26,29)/t19-,21+/m1/s1. The molecule has 0 bridgehead atoms. The Morgan fingerprint density at radius 2 is 1.74 bits per heavy atom. The van der Waals surface area contributed by atoms with Crippen molar-refractivity contribution in [2.24, 2.45) is 0 Å². The SMILES string of the molecule is CC(C)Oc1ccccc1N1CCN([C@H](C)C(=O)N[C@H]2CCOc3ccccc32)CC1. The number of ether oxygens (including phenoxy) is 2. The number of para-hydroxylation sites is 3. The number of carbonyl (C=O) groups excluding carboxylic acids is 1. The summed E-state index contributed by atoms with van der Waals surface area (Å²) < 4.78 is 11.7. The molecular weight excluding hydrogens is 390 g/mol. The van der Waals surface area contributed by atoms with E-state index in [1.165, 1.54) is 0 Å². The van der Waals surface area contributed by atoms with E-state index in [1.54, 1.807) is 0 Å². The molecule has 0 aliphatic carbocycles. The van der Waals surface area contributed by atoms with Crippen LogP contribution in [-0.4, -0.2) is 55.7 Å². The predicted octanol–water partition coefficient (Wildman–Crippen LogP) is 3.62. The first-order valence-corrected chi connectivity index (χ1v) is 11.3. The summed E-state index contributed by atoms with van der Waals surface area (Å²) in [6, 6.07) is 16.0. The maximum Gasteiger partial charge on any atom is 0.237 e. The van der Waals surface area contributed by atoms with E-state index in [1.807, 2.05) is 57.2 Å². The Hall–Kier alpha value is -2.73. The molecule has 2 aromatic carbocycles. The summed E-state index contributed by atoms with van der Waals surface area (Å²) in [5.41, 5.74) is 2.20. The Labute approximate surface area is 185 Å². The van der Waals surface area contributed by atoms with Crippen molar-refractivity contribution in [1.82, 2.24) is 10.2 Å². The molecule has 2 heterocycles. The van der Waals surface area contributed by atoms with Crippen molar-refractivity contribution >= 4 is 11.6 Å². The van der Waals surface area contributed by atoms with Gasteiger partial charge in [-0.3, -0.25) is 9.69 Å². The highest BCUT2D eigenvalue weighted by Crippen LogP contribution is 2.32. The first kappa shape index (κ1) is 21.5. The summed E-state index contributed by atoms with van der Waals surface area (Å²) in [6.45, 7) is 10.2. The maximum absolute atomic E-state index is 13.0. The maximum atomic E-state index is 13.0. The van der Waals surface area contributed by atoms with Crippen molar-refractivity contribution in [2.45, 2.75) is 45.4 Å². The predicted molar refractivity (Wildman–Crippen MR) is 123 cm³/mol. The Morgan fingerprint density at radius 1 is 1.03 bits per heavy atom. The monoisotopic (exact) mass is 423 g/mol. The number of fused-ring (bicyclic) bond motifs is 1. The molecular formula is C25H33N3O3. The number of rotatable bonds is 6. The van der Waals surface area contributed by atoms with Crippen molar-refractivity contribution in [3.05, 3.63) is 54.1 Å². The fraction of sp³-hybridized carbons (Fsp3) is 0.480. The minimum absolute atomic E-state index is 0.0150. The molecule has 4 rings (SSSR count). The van der Waals surface area contributed by atoms with Crippen molar-refractivity contribution in [3.8, 4) is 11.5 Å². The molecule has 6 heteroatoms. The molecule has 2 aliphatic heterocycles. The fourth-order valence-electron chi connectivity index (χ4n) is 4.37. The number of anilines is 1. The van der Waals surface area contributed by atoms with E-state index in [2.05, 4.69) is 27.2 Å². The summed E-state index contributed by atoms with van der Waals surface area (Å²) in [6.07, 6.45) is 0.942. The highest BCUT2D eigenvalue weighted by molar-refractivity contribution is 5.82. The zero-order valence-corrected chi connectivity index (χ0v) is 18.7. The highest BCUT2D eigenvalue weighted by Gasteiger charge is 2.29. The topological polar surface area (TPSA) is 54.0 Å². The molecule has 0 saturated carbocycles. The van der Waals surface area contributed by atoms with E-state index in [4.69, 9.17) is 9.47 Å². The molecule has 0 unspecified atom stereocenters. The van der Waals surface area contributed by atoms with Crippen LogP contribution in [0.15, 0.2) is 48.5 Å². The Balaban J connectivity index is 1.35. The van der Waals surface area contributed by atoms with Gasteiger partial charge < -0.3 is 19.7 Å². The van der Waals surface area contributed by atoms with Crippen LogP contribution in [-0.2, 0) is 4.79 Å². The van der Waals surface area contributed by atoms with Gasteiger partial charge in [0, 0.05) is 38.2 Å². The van der Waals surface area contributed by atoms with Crippen LogP contribution in [0.1, 0.15) is 38.8 Å². The number of amides is 1. The van der Waals surface area contributed by atoms with Gasteiger partial charge in [0.15, 0.2) is 0 Å². The largest absolute Gasteiger partial charge is 0.493 e. The third-order valence-corrected chi connectivity index (χ3v) is 6.09. The quantitative estimate of drug-likeness (QED) is 0.769. The van der Waals surface area contributed by atoms with Gasteiger partial charge in [0.05, 0.1) is 30.5 Å². The summed E-state index contributed by atoms with van der Waals surface area (Å²) in [7, 11) is 0. The molecule has 1 N–H and O–H groups in total. The minimum Gasteiger partial charge on any atom is -0.493 e. The lowest BCUT2D eigenvalue weighted by atomic mass is 10.00.